The van der Waals surface area contributed by atoms with Crippen LogP contribution in [0, 0.1) is 29.1 Å². The fourth-order valence-corrected chi connectivity index (χ4v) is 7.77. The van der Waals surface area contributed by atoms with Crippen LogP contribution in [0.4, 0.5) is 27.6 Å². The number of amides is 2. The maximum absolute atomic E-state index is 15.1. The van der Waals surface area contributed by atoms with Crippen molar-refractivity contribution in [3.8, 4) is 17.2 Å². The molecule has 1 N–H and O–H groups in total. The molecular weight excluding hydrogens is 690 g/mol. The Bertz CT molecular complexity index is 2230. The number of rotatable bonds is 4. The Balaban J connectivity index is 1.51. The number of nitrogens with zero attached hydrogens (tertiary/aromatic N) is 4. The number of halogens is 7. The number of anilines is 1. The number of allylic oxidation sites excluding steroid dienone is 2. The fourth-order valence-electron chi connectivity index (χ4n) is 6.87. The maximum Gasteiger partial charge on any atom is 0.352 e. The summed E-state index contributed by atoms with van der Waals surface area (Å²) in [6.07, 6.45) is 0.653. The molecule has 4 aromatic rings. The first-order valence-corrected chi connectivity index (χ1v) is 14.8. The molecule has 1 aromatic heterocycles. The van der Waals surface area contributed by atoms with Gasteiger partial charge in [-0.3, -0.25) is 9.59 Å². The van der Waals surface area contributed by atoms with E-state index in [0.29, 0.717) is 0 Å². The Morgan fingerprint density at radius 2 is 1.48 bits per heavy atom. The highest BCUT2D eigenvalue weighted by Crippen LogP contribution is 2.65. The summed E-state index contributed by atoms with van der Waals surface area (Å²) < 4.78 is 81.0. The van der Waals surface area contributed by atoms with Crippen molar-refractivity contribution in [2.75, 3.05) is 12.0 Å². The molecule has 2 aliphatic heterocycles. The molecule has 0 spiro atoms. The van der Waals surface area contributed by atoms with E-state index in [4.69, 9.17) is 27.9 Å². The molecule has 0 unspecified atom stereocenters. The zero-order valence-electron chi connectivity index (χ0n) is 24.2. The summed E-state index contributed by atoms with van der Waals surface area (Å²) in [4.78, 5) is 50.1. The Morgan fingerprint density at radius 1 is 0.854 bits per heavy atom. The van der Waals surface area contributed by atoms with Gasteiger partial charge in [-0.15, -0.1) is 23.2 Å². The third-order valence-electron chi connectivity index (χ3n) is 9.05. The van der Waals surface area contributed by atoms with Crippen LogP contribution in [0.3, 0.4) is 0 Å². The number of aromatic nitrogens is 3. The Hall–Kier alpha value is -4.89. The maximum atomic E-state index is 15.1. The number of imide groups is 1. The van der Waals surface area contributed by atoms with Crippen LogP contribution in [0.25, 0.3) is 5.69 Å². The molecule has 3 aliphatic rings. The van der Waals surface area contributed by atoms with Crippen LogP contribution in [-0.4, -0.2) is 47.7 Å². The van der Waals surface area contributed by atoms with Crippen molar-refractivity contribution in [3.05, 3.63) is 116 Å². The normalized spacial score (nSPS) is 24.7. The number of carbonyl (C=O) groups excluding carboxylic acids is 2. The van der Waals surface area contributed by atoms with E-state index >= 15 is 8.78 Å². The summed E-state index contributed by atoms with van der Waals surface area (Å²) >= 11 is 14.1. The van der Waals surface area contributed by atoms with Crippen molar-refractivity contribution in [2.45, 2.75) is 34.7 Å². The lowest BCUT2D eigenvalue weighted by molar-refractivity contribution is -0.122. The van der Waals surface area contributed by atoms with Crippen LogP contribution in [0.1, 0.15) is 23.9 Å². The number of hydrogen-bond acceptors (Lipinski definition) is 6. The monoisotopic (exact) mass is 708 g/mol. The van der Waals surface area contributed by atoms with E-state index in [2.05, 4.69) is 0 Å². The van der Waals surface area contributed by atoms with Crippen LogP contribution in [0.2, 0.25) is 0 Å². The van der Waals surface area contributed by atoms with Gasteiger partial charge in [0.1, 0.15) is 17.2 Å². The highest BCUT2D eigenvalue weighted by molar-refractivity contribution is 6.58. The van der Waals surface area contributed by atoms with Crippen molar-refractivity contribution in [2.24, 2.45) is 0 Å². The molecule has 248 valence electrons. The van der Waals surface area contributed by atoms with Crippen LogP contribution in [-0.2, 0) is 16.1 Å². The second-order valence-corrected chi connectivity index (χ2v) is 12.6. The molecule has 0 bridgehead atoms. The number of methoxy groups -OCH3 is 1. The van der Waals surface area contributed by atoms with Crippen molar-refractivity contribution in [1.82, 2.24) is 13.9 Å². The third-order valence-corrected chi connectivity index (χ3v) is 10.5. The average molecular weight is 709 g/mol. The quantitative estimate of drug-likeness (QED) is 0.0839. The molecule has 4 atom stereocenters. The SMILES string of the molecule is COc1ccc([C@H]2C3=CCn4c(=O)n(-c5ccccc5)c(=O)n4[C@@H]3C[C@@]3(Cl)C(=O)N(c4c(F)c(F)c(F)c(F)c4F)C(=O)[C@@]23Cl)c(O)c1. The molecule has 1 saturated heterocycles. The van der Waals surface area contributed by atoms with E-state index in [1.807, 2.05) is 0 Å². The molecule has 7 rings (SSSR count). The molecule has 2 fully saturated rings. The van der Waals surface area contributed by atoms with Crippen molar-refractivity contribution in [3.63, 3.8) is 0 Å². The summed E-state index contributed by atoms with van der Waals surface area (Å²) in [5, 5.41) is 11.1. The van der Waals surface area contributed by atoms with Gasteiger partial charge in [0.2, 0.25) is 5.82 Å². The van der Waals surface area contributed by atoms with Gasteiger partial charge >= 0.3 is 11.4 Å². The molecule has 1 saturated carbocycles. The molecule has 3 aromatic carbocycles. The van der Waals surface area contributed by atoms with Gasteiger partial charge in [-0.05, 0) is 23.8 Å². The lowest BCUT2D eigenvalue weighted by Crippen LogP contribution is -2.59. The Labute approximate surface area is 275 Å². The van der Waals surface area contributed by atoms with Gasteiger partial charge in [0.15, 0.2) is 33.0 Å². The number of phenolic OH excluding ortho intramolecular Hbond substituents is 1. The lowest BCUT2D eigenvalue weighted by Gasteiger charge is -2.49. The first-order chi connectivity index (χ1) is 22.7. The summed E-state index contributed by atoms with van der Waals surface area (Å²) in [5.41, 5.74) is -3.47. The summed E-state index contributed by atoms with van der Waals surface area (Å²) in [5.74, 6) is -17.8. The van der Waals surface area contributed by atoms with Gasteiger partial charge in [0.05, 0.1) is 25.4 Å². The van der Waals surface area contributed by atoms with E-state index in [1.54, 1.807) is 18.2 Å². The lowest BCUT2D eigenvalue weighted by atomic mass is 9.64. The van der Waals surface area contributed by atoms with Gasteiger partial charge in [-0.25, -0.2) is 50.4 Å². The molecular formula is C31H19Cl2F5N4O6. The first kappa shape index (κ1) is 31.7. The molecule has 17 heteroatoms. The average Bonchev–Trinajstić information content (AvgIpc) is 3.41. The predicted octanol–water partition coefficient (Wildman–Crippen LogP) is 4.41. The summed E-state index contributed by atoms with van der Waals surface area (Å²) in [6.45, 7) is -0.279. The molecule has 1 aliphatic carbocycles. The molecule has 3 heterocycles. The fraction of sp³-hybridized carbons (Fsp3) is 0.226. The number of carbonyl (C=O) groups is 2. The Morgan fingerprint density at radius 3 is 2.08 bits per heavy atom. The standard InChI is InChI=1S/C31H19Cl2F5N4O6/c1-48-14-7-8-16(18(43)11-14)19-15-9-10-39-28(46)40(13-5-3-2-4-6-13)29(47)42(39)17(15)12-30(32)26(44)41(27(45)31(19,30)33)25-23(37)21(35)20(34)22(36)24(25)38/h2-9,11,17,19,43H,10,12H2,1H3/t17-,19-,30-,31+/m1/s1. The number of phenols is 1. The van der Waals surface area contributed by atoms with E-state index < -0.39 is 91.8 Å². The van der Waals surface area contributed by atoms with Gasteiger partial charge < -0.3 is 9.84 Å². The number of hydrogen-bond donors (Lipinski definition) is 1. The summed E-state index contributed by atoms with van der Waals surface area (Å²) in [6, 6.07) is 10.2. The van der Waals surface area contributed by atoms with Crippen LogP contribution in [0.5, 0.6) is 11.5 Å². The smallest absolute Gasteiger partial charge is 0.352 e. The van der Waals surface area contributed by atoms with Crippen molar-refractivity contribution in [1.29, 1.82) is 0 Å². The number of alkyl halides is 2. The minimum atomic E-state index is -2.80. The highest BCUT2D eigenvalue weighted by atomic mass is 35.5. The number of para-hydroxylation sites is 1. The van der Waals surface area contributed by atoms with Crippen LogP contribution >= 0.6 is 23.2 Å². The van der Waals surface area contributed by atoms with Gasteiger partial charge in [-0.2, -0.15) is 0 Å². The van der Waals surface area contributed by atoms with Gasteiger partial charge in [0, 0.05) is 24.0 Å². The molecule has 48 heavy (non-hydrogen) atoms. The van der Waals surface area contributed by atoms with E-state index in [9.17, 15) is 37.5 Å². The topological polar surface area (TPSA) is 116 Å². The highest BCUT2D eigenvalue weighted by Gasteiger charge is 2.76. The second-order valence-electron chi connectivity index (χ2n) is 11.3. The minimum absolute atomic E-state index is 0.0921. The zero-order valence-corrected chi connectivity index (χ0v) is 25.7. The van der Waals surface area contributed by atoms with Gasteiger partial charge in [-0.1, -0.05) is 30.3 Å². The predicted molar refractivity (Wildman–Crippen MR) is 159 cm³/mol. The van der Waals surface area contributed by atoms with Crippen LogP contribution < -0.4 is 21.0 Å². The van der Waals surface area contributed by atoms with Crippen molar-refractivity contribution >= 4 is 40.7 Å². The number of aromatic hydroxyl groups is 1. The Kier molecular flexibility index (Phi) is 6.97. The minimum Gasteiger partial charge on any atom is -0.508 e. The third kappa shape index (κ3) is 3.85. The second kappa shape index (κ2) is 10.6. The van der Waals surface area contributed by atoms with E-state index in [1.165, 1.54) is 37.5 Å². The van der Waals surface area contributed by atoms with Gasteiger partial charge in [0.25, 0.3) is 11.8 Å². The largest absolute Gasteiger partial charge is 0.508 e. The number of ether oxygens (including phenoxy) is 1. The molecule has 2 amide bonds. The van der Waals surface area contributed by atoms with E-state index in [0.717, 1.165) is 20.0 Å². The van der Waals surface area contributed by atoms with Crippen LogP contribution in [0.15, 0.2) is 69.8 Å². The van der Waals surface area contributed by atoms with E-state index in [-0.39, 0.29) is 34.0 Å². The summed E-state index contributed by atoms with van der Waals surface area (Å²) in [7, 11) is 1.30. The van der Waals surface area contributed by atoms with Crippen molar-refractivity contribution < 1.29 is 41.4 Å². The number of benzene rings is 3. The molecule has 10 nitrogen and oxygen atoms in total. The zero-order chi connectivity index (χ0) is 34.6. The number of fused-ring (bicyclic) bond motifs is 4. The molecule has 0 radical (unpaired) electrons. The first-order valence-electron chi connectivity index (χ1n) is 14.1.